The maximum atomic E-state index is 14.5. The van der Waals surface area contributed by atoms with E-state index in [1.165, 1.54) is 15.9 Å². The summed E-state index contributed by atoms with van der Waals surface area (Å²) in [5.41, 5.74) is 0.515. The minimum absolute atomic E-state index is 0.00748. The maximum absolute atomic E-state index is 14.5. The van der Waals surface area contributed by atoms with E-state index in [1.807, 2.05) is 13.0 Å². The molecule has 0 unspecified atom stereocenters. The molecule has 5 aliphatic rings. The Morgan fingerprint density at radius 1 is 0.840 bits per heavy atom. The molecule has 0 amide bonds. The van der Waals surface area contributed by atoms with Gasteiger partial charge in [-0.15, -0.1) is 0 Å². The van der Waals surface area contributed by atoms with Gasteiger partial charge in [0.25, 0.3) is 8.32 Å². The molecule has 0 bridgehead atoms. The van der Waals surface area contributed by atoms with E-state index in [1.54, 1.807) is 0 Å². The van der Waals surface area contributed by atoms with E-state index in [2.05, 4.69) is 116 Å². The molecule has 3 saturated carbocycles. The summed E-state index contributed by atoms with van der Waals surface area (Å²) in [5, 5.41) is 25.1. The van der Waals surface area contributed by atoms with Crippen LogP contribution in [0.4, 0.5) is 0 Å². The lowest BCUT2D eigenvalue weighted by molar-refractivity contribution is -0.134. The van der Waals surface area contributed by atoms with Crippen molar-refractivity contribution in [2.24, 2.45) is 46.3 Å². The number of allylic oxidation sites excluding steroid dienone is 1. The van der Waals surface area contributed by atoms with Crippen molar-refractivity contribution in [3.05, 3.63) is 72.3 Å². The van der Waals surface area contributed by atoms with E-state index in [9.17, 15) is 15.0 Å². The zero-order valence-electron chi connectivity index (χ0n) is 32.0. The van der Waals surface area contributed by atoms with E-state index < -0.39 is 26.1 Å². The van der Waals surface area contributed by atoms with Crippen LogP contribution < -0.4 is 10.4 Å². The summed E-state index contributed by atoms with van der Waals surface area (Å²) in [7, 11) is -2.74. The molecule has 1 saturated heterocycles. The minimum atomic E-state index is -2.74. The van der Waals surface area contributed by atoms with Gasteiger partial charge in [-0.3, -0.25) is 4.79 Å². The van der Waals surface area contributed by atoms with Gasteiger partial charge in [0.2, 0.25) is 0 Å². The van der Waals surface area contributed by atoms with Gasteiger partial charge in [-0.2, -0.15) is 0 Å². The number of carbonyl (C=O) groups is 1. The van der Waals surface area contributed by atoms with Crippen LogP contribution >= 0.6 is 0 Å². The molecule has 7 rings (SSSR count). The molecule has 2 aromatic rings. The van der Waals surface area contributed by atoms with Gasteiger partial charge in [-0.1, -0.05) is 123 Å². The highest BCUT2D eigenvalue weighted by atomic mass is 28.4. The quantitative estimate of drug-likeness (QED) is 0.210. The molecule has 5 nitrogen and oxygen atoms in total. The SMILES string of the molecule is CC(C)[C@@H](C)[C@H](O)[C@@H](O)[C@@H](C)[C@H]1C[C@H]2O[C@]23C2=CC(=O)[C@@H]4C[C@H](O[Si](c5ccccc5)(c5ccccc5)C(C)(C)C)CC[C@]4(C)[C@H]2CC[C@]13C. The highest BCUT2D eigenvalue weighted by Crippen LogP contribution is 2.76. The standard InChI is InChI=1S/C44H62O5Si/c1-27(2)28(3)39(46)40(47)29(4)34-26-38-44(48-38)35-25-37(45)36-24-30(20-22-42(36,8)33(35)21-23-43(34,44)9)49-50(41(5,6)7,31-16-12-10-13-17-31)32-18-14-11-15-19-32/h10-19,25,27-30,33-34,36,38-40,46-47H,20-24,26H2,1-9H3/t28-,29+,30-,33+,34-,36+,38-,39+,40+,42-,43-,44-/m1/s1. The zero-order valence-corrected chi connectivity index (χ0v) is 33.0. The number of rotatable bonds is 9. The monoisotopic (exact) mass is 698 g/mol. The lowest BCUT2D eigenvalue weighted by Gasteiger charge is -2.58. The highest BCUT2D eigenvalue weighted by molar-refractivity contribution is 6.99. The number of aliphatic hydroxyl groups excluding tert-OH is 2. The fourth-order valence-corrected chi connectivity index (χ4v) is 16.6. The van der Waals surface area contributed by atoms with Crippen molar-refractivity contribution >= 4 is 24.5 Å². The first-order valence-corrected chi connectivity index (χ1v) is 21.5. The number of carbonyl (C=O) groups excluding carboxylic acids is 1. The van der Waals surface area contributed by atoms with E-state index in [-0.39, 0.29) is 57.5 Å². The Morgan fingerprint density at radius 2 is 1.44 bits per heavy atom. The van der Waals surface area contributed by atoms with Crippen LogP contribution in [0.15, 0.2) is 72.3 Å². The average Bonchev–Trinajstić information content (AvgIpc) is 3.76. The first-order valence-electron chi connectivity index (χ1n) is 19.6. The molecule has 1 aliphatic heterocycles. The normalized spacial score (nSPS) is 37.5. The van der Waals surface area contributed by atoms with Crippen LogP contribution in [0.3, 0.4) is 0 Å². The molecule has 2 aromatic carbocycles. The van der Waals surface area contributed by atoms with Gasteiger partial charge in [0.1, 0.15) is 5.60 Å². The first kappa shape index (κ1) is 36.3. The molecule has 6 heteroatoms. The van der Waals surface area contributed by atoms with E-state index in [0.717, 1.165) is 38.5 Å². The Labute approximate surface area is 302 Å². The van der Waals surface area contributed by atoms with E-state index in [0.29, 0.717) is 11.8 Å². The smallest absolute Gasteiger partial charge is 0.261 e. The number of ketones is 1. The molecule has 0 aromatic heterocycles. The summed E-state index contributed by atoms with van der Waals surface area (Å²) < 4.78 is 14.4. The van der Waals surface area contributed by atoms with Crippen LogP contribution in [-0.4, -0.2) is 54.3 Å². The number of hydrogen-bond acceptors (Lipinski definition) is 5. The zero-order chi connectivity index (χ0) is 36.0. The number of hydrogen-bond donors (Lipinski definition) is 2. The summed E-state index contributed by atoms with van der Waals surface area (Å²) in [4.78, 5) is 14.5. The fraction of sp³-hybridized carbons (Fsp3) is 0.659. The second-order valence-corrected chi connectivity index (χ2v) is 23.1. The predicted molar refractivity (Wildman–Crippen MR) is 203 cm³/mol. The van der Waals surface area contributed by atoms with Crippen molar-refractivity contribution in [2.75, 3.05) is 0 Å². The molecule has 1 heterocycles. The van der Waals surface area contributed by atoms with Crippen molar-refractivity contribution in [2.45, 2.75) is 136 Å². The van der Waals surface area contributed by atoms with Crippen LogP contribution in [0.2, 0.25) is 5.04 Å². The fourth-order valence-electron chi connectivity index (χ4n) is 11.9. The van der Waals surface area contributed by atoms with Gasteiger partial charge < -0.3 is 19.4 Å². The summed E-state index contributed by atoms with van der Waals surface area (Å²) in [6, 6.07) is 21.7. The van der Waals surface area contributed by atoms with Crippen LogP contribution in [0.5, 0.6) is 0 Å². The summed E-state index contributed by atoms with van der Waals surface area (Å²) in [6.45, 7) is 20.1. The van der Waals surface area contributed by atoms with Gasteiger partial charge in [0.15, 0.2) is 5.78 Å². The number of fused-ring (bicyclic) bond motifs is 3. The van der Waals surface area contributed by atoms with Crippen LogP contribution in [0.1, 0.15) is 101 Å². The van der Waals surface area contributed by atoms with Gasteiger partial charge >= 0.3 is 0 Å². The third-order valence-electron chi connectivity index (χ3n) is 15.2. The molecule has 272 valence electrons. The average molecular weight is 699 g/mol. The Balaban J connectivity index is 1.17. The third-order valence-corrected chi connectivity index (χ3v) is 20.3. The number of ether oxygens (including phenoxy) is 1. The second kappa shape index (κ2) is 12.5. The van der Waals surface area contributed by atoms with Gasteiger partial charge in [-0.25, -0.2) is 0 Å². The third kappa shape index (κ3) is 5.16. The van der Waals surface area contributed by atoms with Gasteiger partial charge in [0, 0.05) is 17.4 Å². The molecule has 2 N–H and O–H groups in total. The van der Waals surface area contributed by atoms with Crippen LogP contribution in [-0.2, 0) is 14.0 Å². The number of aliphatic hydroxyl groups is 2. The van der Waals surface area contributed by atoms with Crippen molar-refractivity contribution in [3.8, 4) is 0 Å². The molecule has 50 heavy (non-hydrogen) atoms. The van der Waals surface area contributed by atoms with Gasteiger partial charge in [0.05, 0.1) is 18.3 Å². The van der Waals surface area contributed by atoms with Gasteiger partial charge in [-0.05, 0) is 101 Å². The maximum Gasteiger partial charge on any atom is 0.261 e. The summed E-state index contributed by atoms with van der Waals surface area (Å²) >= 11 is 0. The summed E-state index contributed by atoms with van der Waals surface area (Å²) in [5.74, 6) is 0.964. The molecular formula is C44H62O5Si. The van der Waals surface area contributed by atoms with Crippen molar-refractivity contribution < 1.29 is 24.2 Å². The van der Waals surface area contributed by atoms with Crippen molar-refractivity contribution in [1.82, 2.24) is 0 Å². The number of epoxide rings is 1. The topological polar surface area (TPSA) is 79.3 Å². The molecule has 12 atom stereocenters. The second-order valence-electron chi connectivity index (χ2n) is 18.9. The van der Waals surface area contributed by atoms with Crippen molar-refractivity contribution in [3.63, 3.8) is 0 Å². The summed E-state index contributed by atoms with van der Waals surface area (Å²) in [6.07, 6.45) is 6.18. The van der Waals surface area contributed by atoms with Crippen molar-refractivity contribution in [1.29, 1.82) is 0 Å². The highest BCUT2D eigenvalue weighted by Gasteiger charge is 2.80. The van der Waals surface area contributed by atoms with E-state index >= 15 is 0 Å². The Hall–Kier alpha value is -2.09. The predicted octanol–water partition coefficient (Wildman–Crippen LogP) is 7.47. The van der Waals surface area contributed by atoms with Crippen LogP contribution in [0, 0.1) is 46.3 Å². The first-order chi connectivity index (χ1) is 23.5. The Kier molecular flexibility index (Phi) is 9.07. The van der Waals surface area contributed by atoms with E-state index in [4.69, 9.17) is 9.16 Å². The Morgan fingerprint density at radius 3 is 2.00 bits per heavy atom. The minimum Gasteiger partial charge on any atom is -0.404 e. The Bertz CT molecular complexity index is 1560. The van der Waals surface area contributed by atoms with Crippen LogP contribution in [0.25, 0.3) is 0 Å². The lowest BCUT2D eigenvalue weighted by Crippen LogP contribution is -2.68. The molecular weight excluding hydrogens is 637 g/mol. The number of benzene rings is 2. The largest absolute Gasteiger partial charge is 0.404 e. The molecule has 4 fully saturated rings. The molecule has 4 aliphatic carbocycles. The molecule has 0 radical (unpaired) electrons. The molecule has 1 spiro atoms. The lowest BCUT2D eigenvalue weighted by atomic mass is 9.46.